The summed E-state index contributed by atoms with van der Waals surface area (Å²) in [7, 11) is 0.317. The molecule has 2 amide bonds. The summed E-state index contributed by atoms with van der Waals surface area (Å²) >= 11 is 1.39. The molecule has 0 spiro atoms. The zero-order valence-corrected chi connectivity index (χ0v) is 32.3. The number of rotatable bonds is 12. The molecule has 2 aliphatic rings. The molecule has 0 unspecified atom stereocenters. The van der Waals surface area contributed by atoms with Crippen molar-refractivity contribution in [1.29, 1.82) is 0 Å². The Bertz CT molecular complexity index is 2120. The second-order valence-electron chi connectivity index (χ2n) is 13.8. The maximum Gasteiger partial charge on any atom is 0.337 e. The average molecular weight is 772 g/mol. The highest BCUT2D eigenvalue weighted by Gasteiger charge is 2.34. The van der Waals surface area contributed by atoms with Crippen molar-refractivity contribution in [1.82, 2.24) is 4.31 Å². The number of nitrogens with zero attached hydrogens (tertiary/aromatic N) is 1. The van der Waals surface area contributed by atoms with Gasteiger partial charge in [-0.1, -0.05) is 30.3 Å². The Balaban J connectivity index is 1.12. The van der Waals surface area contributed by atoms with E-state index < -0.39 is 15.9 Å². The summed E-state index contributed by atoms with van der Waals surface area (Å²) in [4.78, 5) is 52.3. The van der Waals surface area contributed by atoms with Gasteiger partial charge < -0.3 is 20.1 Å². The number of methoxy groups -OCH3 is 2. The van der Waals surface area contributed by atoms with Crippen LogP contribution in [0.15, 0.2) is 77.7 Å². The number of fused-ring (bicyclic) bond motifs is 1. The first-order valence-corrected chi connectivity index (χ1v) is 20.4. The number of ether oxygens (including phenoxy) is 2. The number of carbonyl (C=O) groups excluding carboxylic acids is 4. The average Bonchev–Trinajstić information content (AvgIpc) is 3.57. The predicted molar refractivity (Wildman–Crippen MR) is 208 cm³/mol. The molecule has 11 nitrogen and oxygen atoms in total. The van der Waals surface area contributed by atoms with Crippen molar-refractivity contribution in [3.05, 3.63) is 111 Å². The standard InChI is InChI=1S/C41H45N3O8S2/c1-44(32-23-19-29(20-24-32)41(48)52-3)54(49,50)33-8-6-7-30(25-33)37(45)43-39-36(34-9-4-5-10-35(34)53-39)38(46)42-31-21-15-27(16-22-31)12-11-26-13-17-28(18-14-26)40(47)51-2/h6-8,13-18,21-22,25,29,32H,4-5,9-12,19-20,23-24H2,1-3H3,(H,42,46)(H,43,45)/t29-,32-. The van der Waals surface area contributed by atoms with E-state index in [-0.39, 0.29) is 40.3 Å². The van der Waals surface area contributed by atoms with Crippen LogP contribution in [0.5, 0.6) is 0 Å². The van der Waals surface area contributed by atoms with Crippen LogP contribution in [0.4, 0.5) is 10.7 Å². The van der Waals surface area contributed by atoms with Gasteiger partial charge in [0.1, 0.15) is 5.00 Å². The molecule has 2 aliphatic carbocycles. The van der Waals surface area contributed by atoms with E-state index in [0.29, 0.717) is 47.5 Å². The van der Waals surface area contributed by atoms with Gasteiger partial charge in [-0.3, -0.25) is 14.4 Å². The van der Waals surface area contributed by atoms with Gasteiger partial charge in [0.05, 0.1) is 36.2 Å². The Morgan fingerprint density at radius 3 is 2.07 bits per heavy atom. The summed E-state index contributed by atoms with van der Waals surface area (Å²) < 4.78 is 38.3. The van der Waals surface area contributed by atoms with Crippen molar-refractivity contribution >= 4 is 55.8 Å². The van der Waals surface area contributed by atoms with Crippen molar-refractivity contribution in [2.45, 2.75) is 75.1 Å². The molecule has 0 aliphatic heterocycles. The third kappa shape index (κ3) is 8.75. The van der Waals surface area contributed by atoms with Crippen LogP contribution < -0.4 is 10.6 Å². The largest absolute Gasteiger partial charge is 0.469 e. The van der Waals surface area contributed by atoms with Gasteiger partial charge in [-0.05, 0) is 123 Å². The van der Waals surface area contributed by atoms with Crippen molar-refractivity contribution in [2.24, 2.45) is 5.92 Å². The van der Waals surface area contributed by atoms with E-state index in [1.165, 1.54) is 49.0 Å². The highest BCUT2D eigenvalue weighted by molar-refractivity contribution is 7.89. The first kappa shape index (κ1) is 38.9. The molecule has 2 N–H and O–H groups in total. The molecular weight excluding hydrogens is 727 g/mol. The number of aryl methyl sites for hydroxylation is 3. The van der Waals surface area contributed by atoms with E-state index in [1.807, 2.05) is 36.4 Å². The normalized spacial score (nSPS) is 17.0. The first-order valence-electron chi connectivity index (χ1n) is 18.2. The molecule has 1 fully saturated rings. The van der Waals surface area contributed by atoms with Crippen LogP contribution in [-0.2, 0) is 50.0 Å². The maximum absolute atomic E-state index is 13.9. The van der Waals surface area contributed by atoms with Crippen molar-refractivity contribution < 1.29 is 37.1 Å². The van der Waals surface area contributed by atoms with Gasteiger partial charge in [-0.25, -0.2) is 13.2 Å². The lowest BCUT2D eigenvalue weighted by Gasteiger charge is -2.33. The number of hydrogen-bond donors (Lipinski definition) is 2. The zero-order valence-electron chi connectivity index (χ0n) is 30.7. The Hall–Kier alpha value is -4.85. The van der Waals surface area contributed by atoms with Crippen LogP contribution >= 0.6 is 11.3 Å². The van der Waals surface area contributed by atoms with E-state index in [1.54, 1.807) is 24.3 Å². The van der Waals surface area contributed by atoms with Gasteiger partial charge in [0.25, 0.3) is 11.8 Å². The predicted octanol–water partition coefficient (Wildman–Crippen LogP) is 7.06. The molecule has 0 radical (unpaired) electrons. The number of thiophene rings is 1. The van der Waals surface area contributed by atoms with Gasteiger partial charge >= 0.3 is 11.9 Å². The van der Waals surface area contributed by atoms with Gasteiger partial charge in [0, 0.05) is 29.2 Å². The number of sulfonamides is 1. The molecular formula is C41H45N3O8S2. The van der Waals surface area contributed by atoms with Crippen LogP contribution in [0.1, 0.15) is 91.2 Å². The molecule has 0 atom stereocenters. The highest BCUT2D eigenvalue weighted by Crippen LogP contribution is 2.39. The van der Waals surface area contributed by atoms with Crippen molar-refractivity contribution in [3.63, 3.8) is 0 Å². The van der Waals surface area contributed by atoms with Crippen LogP contribution in [0.25, 0.3) is 0 Å². The molecule has 0 bridgehead atoms. The smallest absolute Gasteiger partial charge is 0.337 e. The summed E-state index contributed by atoms with van der Waals surface area (Å²) in [5.74, 6) is -1.69. The molecule has 0 saturated heterocycles. The van der Waals surface area contributed by atoms with Gasteiger partial charge in [0.15, 0.2) is 0 Å². The Morgan fingerprint density at radius 1 is 0.778 bits per heavy atom. The van der Waals surface area contributed by atoms with Crippen LogP contribution in [0, 0.1) is 5.92 Å². The Labute approximate surface area is 320 Å². The molecule has 1 saturated carbocycles. The summed E-state index contributed by atoms with van der Waals surface area (Å²) in [6.07, 6.45) is 7.19. The molecule has 1 aromatic heterocycles. The minimum atomic E-state index is -3.94. The summed E-state index contributed by atoms with van der Waals surface area (Å²) in [6, 6.07) is 20.7. The van der Waals surface area contributed by atoms with Crippen molar-refractivity contribution in [3.8, 4) is 0 Å². The molecule has 3 aromatic carbocycles. The number of hydrogen-bond acceptors (Lipinski definition) is 9. The molecule has 54 heavy (non-hydrogen) atoms. The molecule has 4 aromatic rings. The second kappa shape index (κ2) is 17.1. The van der Waals surface area contributed by atoms with E-state index >= 15 is 0 Å². The van der Waals surface area contributed by atoms with Gasteiger partial charge in [-0.2, -0.15) is 4.31 Å². The number of carbonyl (C=O) groups is 4. The van der Waals surface area contributed by atoms with E-state index in [9.17, 15) is 27.6 Å². The SMILES string of the molecule is COC(=O)c1ccc(CCc2ccc(NC(=O)c3c(NC(=O)c4cccc(S(=O)(=O)N(C)[C@H]5CC[C@H](C(=O)OC)CC5)c4)sc4c3CCCC4)cc2)cc1. The van der Waals surface area contributed by atoms with Gasteiger partial charge in [0.2, 0.25) is 10.0 Å². The summed E-state index contributed by atoms with van der Waals surface area (Å²) in [5, 5.41) is 6.39. The van der Waals surface area contributed by atoms with Crippen molar-refractivity contribution in [2.75, 3.05) is 31.9 Å². The van der Waals surface area contributed by atoms with E-state index in [2.05, 4.69) is 10.6 Å². The number of esters is 2. The third-order valence-electron chi connectivity index (χ3n) is 10.4. The fourth-order valence-corrected chi connectivity index (χ4v) is 9.98. The number of nitrogens with one attached hydrogen (secondary N) is 2. The van der Waals surface area contributed by atoms with E-state index in [0.717, 1.165) is 60.1 Å². The summed E-state index contributed by atoms with van der Waals surface area (Å²) in [5.41, 5.74) is 4.85. The topological polar surface area (TPSA) is 148 Å². The van der Waals surface area contributed by atoms with Crippen LogP contribution in [0.2, 0.25) is 0 Å². The lowest BCUT2D eigenvalue weighted by atomic mass is 9.86. The van der Waals surface area contributed by atoms with Crippen LogP contribution in [0.3, 0.4) is 0 Å². The monoisotopic (exact) mass is 771 g/mol. The first-order chi connectivity index (χ1) is 26.0. The van der Waals surface area contributed by atoms with Crippen LogP contribution in [-0.4, -0.2) is 63.8 Å². The zero-order chi connectivity index (χ0) is 38.4. The minimum absolute atomic E-state index is 0.00361. The minimum Gasteiger partial charge on any atom is -0.469 e. The molecule has 6 rings (SSSR count). The fourth-order valence-electron chi connectivity index (χ4n) is 7.23. The van der Waals surface area contributed by atoms with Gasteiger partial charge in [-0.15, -0.1) is 11.3 Å². The third-order valence-corrected chi connectivity index (χ3v) is 13.5. The number of amides is 2. The number of benzene rings is 3. The number of anilines is 2. The lowest BCUT2D eigenvalue weighted by Crippen LogP contribution is -2.40. The Morgan fingerprint density at radius 2 is 1.43 bits per heavy atom. The second-order valence-corrected chi connectivity index (χ2v) is 16.9. The Kier molecular flexibility index (Phi) is 12.3. The molecule has 1 heterocycles. The fraction of sp³-hybridized carbons (Fsp3) is 0.366. The molecule has 13 heteroatoms. The lowest BCUT2D eigenvalue weighted by molar-refractivity contribution is -0.146. The molecule has 284 valence electrons. The summed E-state index contributed by atoms with van der Waals surface area (Å²) in [6.45, 7) is 0. The quantitative estimate of drug-likeness (QED) is 0.146. The maximum atomic E-state index is 13.9. The highest BCUT2D eigenvalue weighted by atomic mass is 32.2. The van der Waals surface area contributed by atoms with E-state index in [4.69, 9.17) is 9.47 Å².